The van der Waals surface area contributed by atoms with Crippen molar-refractivity contribution in [1.82, 2.24) is 19.9 Å². The van der Waals surface area contributed by atoms with Gasteiger partial charge in [0.15, 0.2) is 0 Å². The third-order valence-corrected chi connectivity index (χ3v) is 5.65. The predicted molar refractivity (Wildman–Crippen MR) is 123 cm³/mol. The number of rotatable bonds is 7. The topological polar surface area (TPSA) is 99.6 Å². The van der Waals surface area contributed by atoms with Gasteiger partial charge in [0.2, 0.25) is 0 Å². The Balaban J connectivity index is 1.58. The molecule has 1 N–H and O–H groups in total. The van der Waals surface area contributed by atoms with E-state index in [0.717, 1.165) is 49.0 Å². The molecule has 0 saturated carbocycles. The second-order valence-electron chi connectivity index (χ2n) is 7.99. The molecule has 2 heterocycles. The van der Waals surface area contributed by atoms with Crippen LogP contribution in [0.3, 0.4) is 0 Å². The number of hydrogen-bond donors (Lipinski definition) is 1. The van der Waals surface area contributed by atoms with Gasteiger partial charge in [-0.1, -0.05) is 23.8 Å². The largest absolute Gasteiger partial charge is 0.335 e. The maximum absolute atomic E-state index is 13.7. The lowest BCUT2D eigenvalue weighted by Crippen LogP contribution is -2.45. The second kappa shape index (κ2) is 10.1. The van der Waals surface area contributed by atoms with Crippen LogP contribution in [0.15, 0.2) is 65.1 Å². The molecule has 3 aromatic rings. The molecule has 1 unspecified atom stereocenters. The molecule has 8 nitrogen and oxygen atoms in total. The predicted octanol–water partition coefficient (Wildman–Crippen LogP) is 4.55. The van der Waals surface area contributed by atoms with E-state index in [0.29, 0.717) is 11.3 Å². The van der Waals surface area contributed by atoms with Crippen molar-refractivity contribution in [2.24, 2.45) is 10.2 Å². The number of carbonyl (C=O) groups excluding carboxylic acids is 1. The minimum Gasteiger partial charge on any atom is -0.335 e. The molecule has 1 aromatic heterocycles. The number of aromatic nitrogens is 3. The first-order valence-electron chi connectivity index (χ1n) is 10.9. The maximum Gasteiger partial charge on any atom is 0.256 e. The molecule has 1 fully saturated rings. The lowest BCUT2D eigenvalue weighted by atomic mass is 9.94. The number of carbonyl (C=O) groups is 1. The van der Waals surface area contributed by atoms with Crippen LogP contribution < -0.4 is 0 Å². The quantitative estimate of drug-likeness (QED) is 0.440. The second-order valence-corrected chi connectivity index (χ2v) is 7.99. The first kappa shape index (κ1) is 21.5. The van der Waals surface area contributed by atoms with Crippen LogP contribution in [0.2, 0.25) is 0 Å². The highest BCUT2D eigenvalue weighted by Crippen LogP contribution is 2.26. The van der Waals surface area contributed by atoms with E-state index >= 15 is 0 Å². The average Bonchev–Trinajstić information content (AvgIpc) is 3.34. The third-order valence-electron chi connectivity index (χ3n) is 5.65. The van der Waals surface area contributed by atoms with Crippen LogP contribution in [-0.4, -0.2) is 51.1 Å². The minimum absolute atomic E-state index is 0.0209. The van der Waals surface area contributed by atoms with Gasteiger partial charge in [0.05, 0.1) is 35.9 Å². The molecule has 1 aliphatic rings. The zero-order chi connectivity index (χ0) is 22.3. The molecule has 164 valence electrons. The lowest BCUT2D eigenvalue weighted by Gasteiger charge is -2.36. The van der Waals surface area contributed by atoms with Gasteiger partial charge in [-0.05, 0) is 62.4 Å². The Hall–Kier alpha value is -3.68. The van der Waals surface area contributed by atoms with Gasteiger partial charge in [-0.15, -0.1) is 0 Å². The van der Waals surface area contributed by atoms with Gasteiger partial charge in [0.25, 0.3) is 5.91 Å². The number of amides is 1. The monoisotopic (exact) mass is 429 g/mol. The number of benzene rings is 2. The molecular formula is C24H27N7O. The van der Waals surface area contributed by atoms with Gasteiger partial charge in [-0.3, -0.25) is 4.79 Å². The van der Waals surface area contributed by atoms with E-state index in [1.165, 1.54) is 11.0 Å². The highest BCUT2D eigenvalue weighted by atomic mass is 16.2. The van der Waals surface area contributed by atoms with Crippen molar-refractivity contribution in [3.63, 3.8) is 0 Å². The highest BCUT2D eigenvalue weighted by molar-refractivity contribution is 5.98. The molecular weight excluding hydrogens is 402 g/mol. The summed E-state index contributed by atoms with van der Waals surface area (Å²) in [6.45, 7) is 3.00. The number of aryl methyl sites for hydroxylation is 1. The van der Waals surface area contributed by atoms with Crippen molar-refractivity contribution < 1.29 is 4.79 Å². The van der Waals surface area contributed by atoms with Crippen LogP contribution in [-0.2, 0) is 6.42 Å². The van der Waals surface area contributed by atoms with Crippen molar-refractivity contribution in [3.05, 3.63) is 71.5 Å². The van der Waals surface area contributed by atoms with Gasteiger partial charge < -0.3 is 10.3 Å². The van der Waals surface area contributed by atoms with Crippen molar-refractivity contribution in [1.29, 1.82) is 5.41 Å². The van der Waals surface area contributed by atoms with E-state index in [1.54, 1.807) is 12.4 Å². The summed E-state index contributed by atoms with van der Waals surface area (Å²) in [5.41, 5.74) is 4.25. The molecule has 1 aliphatic heterocycles. The maximum atomic E-state index is 13.7. The Bertz CT molecular complexity index is 1110. The molecule has 0 aliphatic carbocycles. The van der Waals surface area contributed by atoms with Crippen LogP contribution in [0.25, 0.3) is 5.69 Å². The van der Waals surface area contributed by atoms with Crippen LogP contribution in [0, 0.1) is 12.3 Å². The highest BCUT2D eigenvalue weighted by Gasteiger charge is 2.29. The van der Waals surface area contributed by atoms with Crippen molar-refractivity contribution in [3.8, 4) is 5.69 Å². The van der Waals surface area contributed by atoms with E-state index < -0.39 is 0 Å². The molecule has 0 radical (unpaired) electrons. The smallest absolute Gasteiger partial charge is 0.256 e. The van der Waals surface area contributed by atoms with E-state index in [4.69, 9.17) is 5.41 Å². The summed E-state index contributed by atoms with van der Waals surface area (Å²) >= 11 is 0. The molecule has 2 aromatic carbocycles. The fraction of sp³-hybridized carbons (Fsp3) is 0.333. The van der Waals surface area contributed by atoms with Gasteiger partial charge in [0.1, 0.15) is 0 Å². The summed E-state index contributed by atoms with van der Waals surface area (Å²) in [4.78, 5) is 17.2. The fourth-order valence-corrected chi connectivity index (χ4v) is 4.15. The van der Waals surface area contributed by atoms with Gasteiger partial charge >= 0.3 is 0 Å². The number of nitrogens with zero attached hydrogens (tertiary/aromatic N) is 6. The fourth-order valence-electron chi connectivity index (χ4n) is 4.15. The van der Waals surface area contributed by atoms with Gasteiger partial charge in [-0.25, -0.2) is 0 Å². The summed E-state index contributed by atoms with van der Waals surface area (Å²) in [5.74, 6) is 0.0209. The number of piperidine rings is 1. The van der Waals surface area contributed by atoms with E-state index in [1.807, 2.05) is 48.2 Å². The molecule has 8 heteroatoms. The molecule has 32 heavy (non-hydrogen) atoms. The van der Waals surface area contributed by atoms with E-state index in [-0.39, 0.29) is 18.5 Å². The molecule has 1 amide bonds. The standard InChI is InChI=1S/C24H27N7O/c1-18-8-9-23(31-27-12-13-28-31)22(15-18)24(32)30-14-3-2-7-21(30)17-19-5-4-6-20(16-19)29-26-11-10-25/h4-6,8-10,12-13,15-16,21,25H,2-3,7,11,14,17H2,1H3. The lowest BCUT2D eigenvalue weighted by molar-refractivity contribution is 0.0613. The summed E-state index contributed by atoms with van der Waals surface area (Å²) in [7, 11) is 0. The zero-order valence-electron chi connectivity index (χ0n) is 18.2. The molecule has 0 bridgehead atoms. The number of likely N-dealkylation sites (tertiary alicyclic amines) is 1. The summed E-state index contributed by atoms with van der Waals surface area (Å²) in [5, 5.41) is 23.7. The Morgan fingerprint density at radius 1 is 1.19 bits per heavy atom. The Morgan fingerprint density at radius 3 is 2.84 bits per heavy atom. The Labute approximate surface area is 187 Å². The van der Waals surface area contributed by atoms with Crippen molar-refractivity contribution >= 4 is 17.8 Å². The number of azo groups is 1. The first-order valence-corrected chi connectivity index (χ1v) is 10.9. The van der Waals surface area contributed by atoms with E-state index in [9.17, 15) is 4.79 Å². The van der Waals surface area contributed by atoms with Crippen molar-refractivity contribution in [2.75, 3.05) is 13.1 Å². The minimum atomic E-state index is 0.0209. The third kappa shape index (κ3) is 4.96. The summed E-state index contributed by atoms with van der Waals surface area (Å²) < 4.78 is 0. The van der Waals surface area contributed by atoms with Gasteiger partial charge in [0, 0.05) is 18.8 Å². The number of hydrogen-bond acceptors (Lipinski definition) is 6. The van der Waals surface area contributed by atoms with Crippen LogP contribution in [0.1, 0.15) is 40.7 Å². The SMILES string of the molecule is Cc1ccc(-n2nccn2)c(C(=O)N2CCCCC2Cc2cccc(N=NCC=N)c2)c1. The molecule has 1 saturated heterocycles. The average molecular weight is 430 g/mol. The van der Waals surface area contributed by atoms with Crippen LogP contribution in [0.5, 0.6) is 0 Å². The molecule has 4 rings (SSSR count). The summed E-state index contributed by atoms with van der Waals surface area (Å²) in [6.07, 6.45) is 8.29. The first-order chi connectivity index (χ1) is 15.7. The zero-order valence-corrected chi connectivity index (χ0v) is 18.2. The summed E-state index contributed by atoms with van der Waals surface area (Å²) in [6, 6.07) is 13.9. The van der Waals surface area contributed by atoms with Gasteiger partial charge in [-0.2, -0.15) is 25.2 Å². The van der Waals surface area contributed by atoms with Crippen molar-refractivity contribution in [2.45, 2.75) is 38.6 Å². The molecule has 0 spiro atoms. The normalized spacial score (nSPS) is 16.4. The Morgan fingerprint density at radius 2 is 2.03 bits per heavy atom. The Kier molecular flexibility index (Phi) is 6.79. The van der Waals surface area contributed by atoms with Crippen LogP contribution in [0.4, 0.5) is 5.69 Å². The van der Waals surface area contributed by atoms with Crippen LogP contribution >= 0.6 is 0 Å². The van der Waals surface area contributed by atoms with E-state index in [2.05, 4.69) is 26.5 Å². The molecule has 1 atom stereocenters. The number of nitrogens with one attached hydrogen (secondary N) is 1.